The summed E-state index contributed by atoms with van der Waals surface area (Å²) in [5.74, 6) is 0. The van der Waals surface area contributed by atoms with E-state index in [1.807, 2.05) is 26.0 Å². The summed E-state index contributed by atoms with van der Waals surface area (Å²) in [6.07, 6.45) is 1.67. The fourth-order valence-corrected chi connectivity index (χ4v) is 2.43. The molecule has 0 aromatic carbocycles. The molecule has 1 heterocycles. The van der Waals surface area contributed by atoms with Crippen LogP contribution in [0.1, 0.15) is 25.1 Å². The molecule has 6 heteroatoms. The molecule has 0 aliphatic heterocycles. The van der Waals surface area contributed by atoms with Gasteiger partial charge in [-0.05, 0) is 32.0 Å². The summed E-state index contributed by atoms with van der Waals surface area (Å²) < 4.78 is 26.5. The van der Waals surface area contributed by atoms with Crippen LogP contribution >= 0.6 is 0 Å². The first-order chi connectivity index (χ1) is 8.47. The molecule has 1 aromatic heterocycles. The Balaban J connectivity index is 2.59. The second kappa shape index (κ2) is 6.82. The van der Waals surface area contributed by atoms with Crippen LogP contribution in [0.25, 0.3) is 0 Å². The summed E-state index contributed by atoms with van der Waals surface area (Å²) >= 11 is 0. The van der Waals surface area contributed by atoms with E-state index in [-0.39, 0.29) is 6.54 Å². The Bertz CT molecular complexity index is 474. The number of nitrogens with zero attached hydrogens (tertiary/aromatic N) is 1. The normalized spacial score (nSPS) is 13.5. The van der Waals surface area contributed by atoms with Crippen LogP contribution in [0, 0.1) is 6.92 Å². The standard InChI is InChI=1S/C12H21N3O2S/c1-4-13-8-11(3)18(16,17)15-9-12-10(2)6-5-7-14-12/h5-7,11,13,15H,4,8-9H2,1-3H3. The van der Waals surface area contributed by atoms with Gasteiger partial charge in [0.05, 0.1) is 17.5 Å². The van der Waals surface area contributed by atoms with E-state index in [9.17, 15) is 8.42 Å². The smallest absolute Gasteiger partial charge is 0.215 e. The van der Waals surface area contributed by atoms with E-state index >= 15 is 0 Å². The van der Waals surface area contributed by atoms with E-state index in [4.69, 9.17) is 0 Å². The third kappa shape index (κ3) is 4.36. The molecule has 0 radical (unpaired) electrons. The minimum absolute atomic E-state index is 0.242. The molecule has 5 nitrogen and oxygen atoms in total. The number of nitrogens with one attached hydrogen (secondary N) is 2. The zero-order valence-corrected chi connectivity index (χ0v) is 11.9. The molecule has 0 fully saturated rings. The fourth-order valence-electron chi connectivity index (χ4n) is 1.47. The molecule has 0 amide bonds. The van der Waals surface area contributed by atoms with Crippen molar-refractivity contribution in [3.8, 4) is 0 Å². The van der Waals surface area contributed by atoms with E-state index in [2.05, 4.69) is 15.0 Å². The monoisotopic (exact) mass is 271 g/mol. The predicted molar refractivity (Wildman–Crippen MR) is 72.7 cm³/mol. The first-order valence-electron chi connectivity index (χ1n) is 6.07. The molecule has 0 spiro atoms. The molecule has 0 aliphatic carbocycles. The highest BCUT2D eigenvalue weighted by atomic mass is 32.2. The Morgan fingerprint density at radius 3 is 2.78 bits per heavy atom. The van der Waals surface area contributed by atoms with Gasteiger partial charge in [-0.2, -0.15) is 0 Å². The quantitative estimate of drug-likeness (QED) is 0.770. The Labute approximate surface area is 109 Å². The van der Waals surface area contributed by atoms with Gasteiger partial charge in [-0.3, -0.25) is 4.98 Å². The largest absolute Gasteiger partial charge is 0.316 e. The number of pyridine rings is 1. The Morgan fingerprint density at radius 2 is 2.17 bits per heavy atom. The van der Waals surface area contributed by atoms with Gasteiger partial charge in [-0.25, -0.2) is 13.1 Å². The van der Waals surface area contributed by atoms with Crippen LogP contribution in [-0.4, -0.2) is 31.7 Å². The highest BCUT2D eigenvalue weighted by molar-refractivity contribution is 7.90. The third-order valence-corrected chi connectivity index (χ3v) is 4.54. The molecule has 2 N–H and O–H groups in total. The number of hydrogen-bond acceptors (Lipinski definition) is 4. The molecule has 0 saturated carbocycles. The molecular weight excluding hydrogens is 250 g/mol. The van der Waals surface area contributed by atoms with Crippen LogP contribution in [0.15, 0.2) is 18.3 Å². The summed E-state index contributed by atoms with van der Waals surface area (Å²) in [4.78, 5) is 4.16. The lowest BCUT2D eigenvalue weighted by atomic mass is 10.2. The van der Waals surface area contributed by atoms with Gasteiger partial charge in [0.25, 0.3) is 0 Å². The first-order valence-corrected chi connectivity index (χ1v) is 7.61. The van der Waals surface area contributed by atoms with Crippen molar-refractivity contribution in [2.75, 3.05) is 13.1 Å². The highest BCUT2D eigenvalue weighted by Gasteiger charge is 2.19. The molecule has 1 unspecified atom stereocenters. The Kier molecular flexibility index (Phi) is 5.71. The SMILES string of the molecule is CCNCC(C)S(=O)(=O)NCc1ncccc1C. The van der Waals surface area contributed by atoms with E-state index in [0.29, 0.717) is 6.54 Å². The Hall–Kier alpha value is -0.980. The second-order valence-corrected chi connectivity index (χ2v) is 6.43. The van der Waals surface area contributed by atoms with Crippen LogP contribution in [0.2, 0.25) is 0 Å². The van der Waals surface area contributed by atoms with Crippen molar-refractivity contribution in [3.63, 3.8) is 0 Å². The van der Waals surface area contributed by atoms with Crippen LogP contribution in [0.5, 0.6) is 0 Å². The van der Waals surface area contributed by atoms with Gasteiger partial charge in [0.2, 0.25) is 10.0 Å². The highest BCUT2D eigenvalue weighted by Crippen LogP contribution is 2.04. The van der Waals surface area contributed by atoms with Crippen LogP contribution in [0.3, 0.4) is 0 Å². The first kappa shape index (κ1) is 15.1. The van der Waals surface area contributed by atoms with Crippen molar-refractivity contribution in [3.05, 3.63) is 29.6 Å². The lowest BCUT2D eigenvalue weighted by Gasteiger charge is -2.14. The fraction of sp³-hybridized carbons (Fsp3) is 0.583. The predicted octanol–water partition coefficient (Wildman–Crippen LogP) is 0.807. The average Bonchev–Trinajstić information content (AvgIpc) is 2.35. The van der Waals surface area contributed by atoms with E-state index in [0.717, 1.165) is 17.8 Å². The molecule has 1 rings (SSSR count). The maximum absolute atomic E-state index is 11.9. The number of sulfonamides is 1. The van der Waals surface area contributed by atoms with Gasteiger partial charge in [-0.1, -0.05) is 13.0 Å². The van der Waals surface area contributed by atoms with Gasteiger partial charge < -0.3 is 5.32 Å². The number of rotatable bonds is 7. The molecule has 0 bridgehead atoms. The minimum Gasteiger partial charge on any atom is -0.316 e. The summed E-state index contributed by atoms with van der Waals surface area (Å²) in [5.41, 5.74) is 1.75. The summed E-state index contributed by atoms with van der Waals surface area (Å²) in [5, 5.41) is 2.57. The molecule has 18 heavy (non-hydrogen) atoms. The van der Waals surface area contributed by atoms with Crippen LogP contribution in [0.4, 0.5) is 0 Å². The maximum atomic E-state index is 11.9. The average molecular weight is 271 g/mol. The lowest BCUT2D eigenvalue weighted by molar-refractivity contribution is 0.559. The summed E-state index contributed by atoms with van der Waals surface area (Å²) in [6, 6.07) is 3.75. The number of hydrogen-bond donors (Lipinski definition) is 2. The van der Waals surface area contributed by atoms with Crippen molar-refractivity contribution < 1.29 is 8.42 Å². The van der Waals surface area contributed by atoms with Gasteiger partial charge in [0, 0.05) is 12.7 Å². The zero-order valence-electron chi connectivity index (χ0n) is 11.1. The van der Waals surface area contributed by atoms with Crippen LogP contribution in [-0.2, 0) is 16.6 Å². The van der Waals surface area contributed by atoms with Crippen molar-refractivity contribution in [2.45, 2.75) is 32.6 Å². The van der Waals surface area contributed by atoms with E-state index in [1.165, 1.54) is 0 Å². The van der Waals surface area contributed by atoms with Gasteiger partial charge in [-0.15, -0.1) is 0 Å². The lowest BCUT2D eigenvalue weighted by Crippen LogP contribution is -2.38. The molecular formula is C12H21N3O2S. The molecule has 0 saturated heterocycles. The van der Waals surface area contributed by atoms with Crippen molar-refractivity contribution in [2.24, 2.45) is 0 Å². The zero-order chi connectivity index (χ0) is 13.6. The summed E-state index contributed by atoms with van der Waals surface area (Å²) in [6.45, 7) is 7.01. The van der Waals surface area contributed by atoms with Crippen molar-refractivity contribution in [1.29, 1.82) is 0 Å². The van der Waals surface area contributed by atoms with Gasteiger partial charge in [0.15, 0.2) is 0 Å². The number of aromatic nitrogens is 1. The van der Waals surface area contributed by atoms with Crippen LogP contribution < -0.4 is 10.0 Å². The van der Waals surface area contributed by atoms with E-state index in [1.54, 1.807) is 13.1 Å². The van der Waals surface area contributed by atoms with Crippen molar-refractivity contribution in [1.82, 2.24) is 15.0 Å². The maximum Gasteiger partial charge on any atom is 0.215 e. The van der Waals surface area contributed by atoms with Crippen molar-refractivity contribution >= 4 is 10.0 Å². The third-order valence-electron chi connectivity index (χ3n) is 2.77. The number of aryl methyl sites for hydroxylation is 1. The van der Waals surface area contributed by atoms with Gasteiger partial charge in [0.1, 0.15) is 0 Å². The topological polar surface area (TPSA) is 71.1 Å². The second-order valence-electron chi connectivity index (χ2n) is 4.25. The molecule has 1 atom stereocenters. The van der Waals surface area contributed by atoms with Gasteiger partial charge >= 0.3 is 0 Å². The van der Waals surface area contributed by atoms with E-state index < -0.39 is 15.3 Å². The molecule has 1 aromatic rings. The minimum atomic E-state index is -3.30. The molecule has 0 aliphatic rings. The Morgan fingerprint density at radius 1 is 1.44 bits per heavy atom. The summed E-state index contributed by atoms with van der Waals surface area (Å²) in [7, 11) is -3.30. The molecule has 102 valence electrons.